The van der Waals surface area contributed by atoms with Crippen molar-refractivity contribution in [2.75, 3.05) is 42.7 Å². The molecule has 228 valence electrons. The Morgan fingerprint density at radius 3 is 0.698 bits per heavy atom. The summed E-state index contributed by atoms with van der Waals surface area (Å²) in [6, 6.07) is 0. The standard InChI is InChI=1S/2C10H10N2O9.Hg/c2*1-19-7-5(11(15)16)4(10(13)14)6(12(17)18)8(20-2)9(7)21-3;/h2*1-3H3,(H,13,14);/q;;+2/p-2. The van der Waals surface area contributed by atoms with Gasteiger partial charge in [-0.1, -0.05) is 0 Å². The zero-order chi connectivity index (χ0) is 32.6. The van der Waals surface area contributed by atoms with Crippen LogP contribution in [0.5, 0.6) is 34.5 Å². The molecule has 0 unspecified atom stereocenters. The number of ether oxygens (including phenoxy) is 6. The third kappa shape index (κ3) is 7.14. The average molecular weight is 803 g/mol. The van der Waals surface area contributed by atoms with Crippen LogP contribution in [0, 0.1) is 40.5 Å². The average Bonchev–Trinajstić information content (AvgIpc) is 2.92. The molecule has 23 heteroatoms. The molecule has 0 bridgehead atoms. The molecule has 43 heavy (non-hydrogen) atoms. The molecule has 0 aliphatic rings. The Kier molecular flexibility index (Phi) is 13.7. The van der Waals surface area contributed by atoms with Crippen molar-refractivity contribution in [3.8, 4) is 34.5 Å². The summed E-state index contributed by atoms with van der Waals surface area (Å²) in [7, 11) is 6.16. The van der Waals surface area contributed by atoms with Crippen LogP contribution < -0.4 is 38.6 Å². The Bertz CT molecular complexity index is 1280. The monoisotopic (exact) mass is 804 g/mol. The molecule has 0 fully saturated rings. The first kappa shape index (κ1) is 37.7. The zero-order valence-corrected chi connectivity index (χ0v) is 28.3. The molecular weight excluding hydrogens is 785 g/mol. The molecule has 0 aliphatic heterocycles. The summed E-state index contributed by atoms with van der Waals surface area (Å²) in [6.45, 7) is 0. The van der Waals surface area contributed by atoms with Crippen LogP contribution in [-0.4, -0.2) is 74.3 Å². The molecule has 22 nitrogen and oxygen atoms in total. The predicted molar refractivity (Wildman–Crippen MR) is 127 cm³/mol. The van der Waals surface area contributed by atoms with E-state index < -0.39 is 100 Å². The molecule has 0 amide bonds. The molecule has 0 saturated carbocycles. The summed E-state index contributed by atoms with van der Waals surface area (Å²) in [4.78, 5) is 61.9. The van der Waals surface area contributed by atoms with E-state index in [1.807, 2.05) is 0 Å². The fourth-order valence-corrected chi connectivity index (χ4v) is 3.53. The van der Waals surface area contributed by atoms with E-state index in [0.717, 1.165) is 42.7 Å². The van der Waals surface area contributed by atoms with Gasteiger partial charge in [0.05, 0.1) is 74.3 Å². The Labute approximate surface area is 258 Å². The minimum atomic E-state index is -2.12. The van der Waals surface area contributed by atoms with Crippen molar-refractivity contribution < 1.29 is 95.6 Å². The van der Waals surface area contributed by atoms with Crippen molar-refractivity contribution in [2.24, 2.45) is 0 Å². The van der Waals surface area contributed by atoms with E-state index in [0.29, 0.717) is 0 Å². The number of methoxy groups -OCH3 is 6. The first-order valence-corrected chi connectivity index (χ1v) is 10.3. The summed E-state index contributed by atoms with van der Waals surface area (Å²) in [5.41, 5.74) is -7.13. The van der Waals surface area contributed by atoms with Gasteiger partial charge in [-0.2, -0.15) is 0 Å². The second-order valence-electron chi connectivity index (χ2n) is 6.95. The van der Waals surface area contributed by atoms with Crippen LogP contribution in [0.2, 0.25) is 0 Å². The van der Waals surface area contributed by atoms with Crippen LogP contribution >= 0.6 is 0 Å². The minimum Gasteiger partial charge on any atom is -0.544 e. The van der Waals surface area contributed by atoms with Crippen molar-refractivity contribution in [1.82, 2.24) is 0 Å². The second-order valence-corrected chi connectivity index (χ2v) is 6.95. The molecule has 0 saturated heterocycles. The third-order valence-electron chi connectivity index (χ3n) is 5.00. The van der Waals surface area contributed by atoms with E-state index in [1.54, 1.807) is 0 Å². The number of aromatic carboxylic acids is 2. The molecule has 0 atom stereocenters. The van der Waals surface area contributed by atoms with Crippen molar-refractivity contribution in [3.05, 3.63) is 51.6 Å². The van der Waals surface area contributed by atoms with Crippen LogP contribution in [0.15, 0.2) is 0 Å². The van der Waals surface area contributed by atoms with Crippen LogP contribution in [0.1, 0.15) is 20.7 Å². The number of rotatable bonds is 12. The van der Waals surface area contributed by atoms with Gasteiger partial charge >= 0.3 is 50.4 Å². The number of carbonyl (C=O) groups excluding carboxylic acids is 2. The quantitative estimate of drug-likeness (QED) is 0.152. The third-order valence-corrected chi connectivity index (χ3v) is 5.00. The molecule has 0 radical (unpaired) electrons. The Morgan fingerprint density at radius 1 is 0.442 bits per heavy atom. The molecular formula is C20H18HgN4O18. The molecule has 2 aromatic rings. The van der Waals surface area contributed by atoms with E-state index in [9.17, 15) is 60.3 Å². The number of hydrogen-bond acceptors (Lipinski definition) is 18. The van der Waals surface area contributed by atoms with Crippen LogP contribution in [-0.2, 0) is 27.7 Å². The van der Waals surface area contributed by atoms with Crippen LogP contribution in [0.4, 0.5) is 22.7 Å². The fraction of sp³-hybridized carbons (Fsp3) is 0.300. The summed E-state index contributed by atoms with van der Waals surface area (Å²) in [5.74, 6) is -7.66. The van der Waals surface area contributed by atoms with Gasteiger partial charge in [0.1, 0.15) is 0 Å². The first-order valence-electron chi connectivity index (χ1n) is 10.3. The van der Waals surface area contributed by atoms with Crippen molar-refractivity contribution in [1.29, 1.82) is 0 Å². The molecule has 0 aliphatic carbocycles. The number of nitro benzene ring substituents is 4. The van der Waals surface area contributed by atoms with E-state index in [4.69, 9.17) is 28.4 Å². The van der Waals surface area contributed by atoms with Gasteiger partial charge in [-0.3, -0.25) is 40.5 Å². The van der Waals surface area contributed by atoms with Crippen LogP contribution in [0.25, 0.3) is 0 Å². The normalized spacial score (nSPS) is 9.63. The first-order chi connectivity index (χ1) is 19.6. The summed E-state index contributed by atoms with van der Waals surface area (Å²) in [5, 5.41) is 66.5. The number of carboxylic acid groups (broad SMARTS) is 2. The number of nitrogens with zero attached hydrogens (tertiary/aromatic N) is 4. The predicted octanol–water partition coefficient (Wildman–Crippen LogP) is -0.218. The van der Waals surface area contributed by atoms with Gasteiger partial charge in [-0.15, -0.1) is 0 Å². The van der Waals surface area contributed by atoms with Crippen molar-refractivity contribution in [3.63, 3.8) is 0 Å². The summed E-state index contributed by atoms with van der Waals surface area (Å²) in [6.07, 6.45) is 0. The smallest absolute Gasteiger partial charge is 0.544 e. The summed E-state index contributed by atoms with van der Waals surface area (Å²) >= 11 is 0. The minimum absolute atomic E-state index is 0. The van der Waals surface area contributed by atoms with Crippen molar-refractivity contribution >= 4 is 34.7 Å². The van der Waals surface area contributed by atoms with Gasteiger partial charge in [0.2, 0.25) is 34.5 Å². The maximum atomic E-state index is 11.1. The van der Waals surface area contributed by atoms with Gasteiger partial charge in [0.25, 0.3) is 0 Å². The number of carboxylic acids is 2. The van der Waals surface area contributed by atoms with Crippen molar-refractivity contribution in [2.45, 2.75) is 0 Å². The Morgan fingerprint density at radius 2 is 0.605 bits per heavy atom. The Balaban J connectivity index is 0.000000802. The Hall–Kier alpha value is -5.28. The number of carbonyl (C=O) groups is 2. The van der Waals surface area contributed by atoms with Gasteiger partial charge in [0, 0.05) is 0 Å². The SMILES string of the molecule is COc1c(OC)c([N+](=O)[O-])c(C(=O)[O-])c([N+](=O)[O-])c1OC.COc1c(OC)c([N+](=O)[O-])c(C(=O)[O-])c([N+](=O)[O-])c1OC.[Hg+2]. The number of benzene rings is 2. The fourth-order valence-electron chi connectivity index (χ4n) is 3.53. The molecule has 0 heterocycles. The van der Waals surface area contributed by atoms with Gasteiger partial charge in [0.15, 0.2) is 11.1 Å². The molecule has 2 aromatic carbocycles. The van der Waals surface area contributed by atoms with E-state index in [2.05, 4.69) is 0 Å². The van der Waals surface area contributed by atoms with Crippen LogP contribution in [0.3, 0.4) is 0 Å². The van der Waals surface area contributed by atoms with Gasteiger partial charge < -0.3 is 48.2 Å². The number of nitro groups is 4. The number of hydrogen-bond donors (Lipinski definition) is 0. The van der Waals surface area contributed by atoms with Gasteiger partial charge in [-0.25, -0.2) is 0 Å². The maximum absolute atomic E-state index is 11.1. The summed E-state index contributed by atoms with van der Waals surface area (Å²) < 4.78 is 28.6. The molecule has 0 N–H and O–H groups in total. The second kappa shape index (κ2) is 15.6. The molecule has 2 rings (SSSR count). The topological polar surface area (TPSA) is 308 Å². The zero-order valence-electron chi connectivity index (χ0n) is 22.8. The molecule has 0 spiro atoms. The van der Waals surface area contributed by atoms with E-state index >= 15 is 0 Å². The van der Waals surface area contributed by atoms with E-state index in [1.165, 1.54) is 0 Å². The molecule has 0 aromatic heterocycles. The largest absolute Gasteiger partial charge is 2.00 e. The van der Waals surface area contributed by atoms with E-state index in [-0.39, 0.29) is 27.7 Å². The van der Waals surface area contributed by atoms with Gasteiger partial charge in [-0.05, 0) is 0 Å². The maximum Gasteiger partial charge on any atom is 2.00 e.